The first-order chi connectivity index (χ1) is 19.4. The second-order valence-corrected chi connectivity index (χ2v) is 14.4. The van der Waals surface area contributed by atoms with Crippen molar-refractivity contribution in [1.29, 1.82) is 0 Å². The van der Waals surface area contributed by atoms with Crippen LogP contribution in [0.3, 0.4) is 0 Å². The van der Waals surface area contributed by atoms with Gasteiger partial charge in [-0.2, -0.15) is 0 Å². The molecule has 4 saturated carbocycles. The third-order valence-electron chi connectivity index (χ3n) is 11.6. The van der Waals surface area contributed by atoms with E-state index < -0.39 is 0 Å². The van der Waals surface area contributed by atoms with Crippen molar-refractivity contribution in [1.82, 2.24) is 0 Å². The van der Waals surface area contributed by atoms with Gasteiger partial charge >= 0.3 is 0 Å². The fraction of sp³-hybridized carbons (Fsp3) is 0.707. The van der Waals surface area contributed by atoms with E-state index in [0.29, 0.717) is 16.2 Å². The molecule has 0 saturated heterocycles. The molecule has 41 heavy (non-hydrogen) atoms. The van der Waals surface area contributed by atoms with Crippen molar-refractivity contribution >= 4 is 0 Å². The van der Waals surface area contributed by atoms with Gasteiger partial charge in [0.1, 0.15) is 0 Å². The van der Waals surface area contributed by atoms with Crippen molar-refractivity contribution in [3.05, 3.63) is 61.3 Å². The van der Waals surface area contributed by atoms with E-state index >= 15 is 0 Å². The molecule has 0 N–H and O–H groups in total. The summed E-state index contributed by atoms with van der Waals surface area (Å²) in [6.07, 6.45) is 22.1. The van der Waals surface area contributed by atoms with Gasteiger partial charge in [-0.3, -0.25) is 0 Å². The predicted molar refractivity (Wildman–Crippen MR) is 187 cm³/mol. The molecular weight excluding hydrogens is 492 g/mol. The van der Waals surface area contributed by atoms with E-state index in [0.717, 1.165) is 35.2 Å². The Hall–Kier alpha value is -1.74. The standard InChI is InChI=1S/C26H44.C11H14.C2H6.C2H4/c1-7-13-24(4)15-16-25(5)19(17-24)8-9-20-22-11-10-21(18(2)3)26(22,6)14-12-23(20)25;1-5-7-11(6-2)9-8-10(3)4;2*1-2/h19-23H,2,7-17H2,1,3-6H3;6,8-9H,2H2,1,3-4H3;1-2H3;1-2H2/b;11-9+;;/t19?,20?,21?,22?,23?,24-,25?,26?;;;/m0.../s1. The number of allylic oxidation sites excluding steroid dienone is 6. The highest BCUT2D eigenvalue weighted by Gasteiger charge is 2.60. The molecule has 4 aliphatic rings. The lowest BCUT2D eigenvalue weighted by atomic mass is 9.43. The van der Waals surface area contributed by atoms with Crippen LogP contribution in [0.1, 0.15) is 140 Å². The molecule has 0 amide bonds. The lowest BCUT2D eigenvalue weighted by molar-refractivity contribution is -0.128. The Bertz CT molecular complexity index is 960. The summed E-state index contributed by atoms with van der Waals surface area (Å²) in [5.41, 5.74) is 5.57. The lowest BCUT2D eigenvalue weighted by Crippen LogP contribution is -2.54. The third kappa shape index (κ3) is 8.65. The maximum atomic E-state index is 4.39. The Morgan fingerprint density at radius 1 is 0.854 bits per heavy atom. The van der Waals surface area contributed by atoms with Crippen LogP contribution in [0, 0.1) is 57.7 Å². The van der Waals surface area contributed by atoms with Gasteiger partial charge in [0.2, 0.25) is 0 Å². The van der Waals surface area contributed by atoms with Gasteiger partial charge in [0.25, 0.3) is 0 Å². The second kappa shape index (κ2) is 16.8. The molecule has 0 aromatic rings. The van der Waals surface area contributed by atoms with E-state index in [4.69, 9.17) is 0 Å². The zero-order valence-corrected chi connectivity index (χ0v) is 29.2. The van der Waals surface area contributed by atoms with Crippen molar-refractivity contribution in [2.45, 2.75) is 140 Å². The summed E-state index contributed by atoms with van der Waals surface area (Å²) in [7, 11) is 0. The van der Waals surface area contributed by atoms with Gasteiger partial charge in [0, 0.05) is 5.57 Å². The van der Waals surface area contributed by atoms with E-state index in [9.17, 15) is 0 Å². The van der Waals surface area contributed by atoms with Gasteiger partial charge in [-0.25, -0.2) is 0 Å². The van der Waals surface area contributed by atoms with Crippen LogP contribution in [-0.4, -0.2) is 0 Å². The monoisotopic (exact) mass is 561 g/mol. The molecule has 0 aromatic carbocycles. The fourth-order valence-corrected chi connectivity index (χ4v) is 9.73. The molecule has 4 fully saturated rings. The van der Waals surface area contributed by atoms with Crippen LogP contribution in [0.15, 0.2) is 61.3 Å². The van der Waals surface area contributed by atoms with E-state index in [1.807, 2.05) is 32.9 Å². The number of rotatable bonds is 5. The third-order valence-corrected chi connectivity index (χ3v) is 11.6. The maximum Gasteiger partial charge on any atom is 0.0239 e. The van der Waals surface area contributed by atoms with E-state index in [1.54, 1.807) is 6.08 Å². The molecule has 4 aliphatic carbocycles. The Morgan fingerprint density at radius 3 is 2.02 bits per heavy atom. The van der Waals surface area contributed by atoms with E-state index in [1.165, 1.54) is 81.8 Å². The van der Waals surface area contributed by atoms with Gasteiger partial charge in [-0.15, -0.1) is 19.1 Å². The van der Waals surface area contributed by atoms with Gasteiger partial charge in [-0.1, -0.05) is 90.3 Å². The van der Waals surface area contributed by atoms with Crippen molar-refractivity contribution in [2.75, 3.05) is 0 Å². The van der Waals surface area contributed by atoms with Crippen LogP contribution in [0.2, 0.25) is 0 Å². The van der Waals surface area contributed by atoms with Crippen molar-refractivity contribution in [3.8, 4) is 11.8 Å². The van der Waals surface area contributed by atoms with Crippen molar-refractivity contribution in [3.63, 3.8) is 0 Å². The Morgan fingerprint density at radius 2 is 1.49 bits per heavy atom. The van der Waals surface area contributed by atoms with Crippen molar-refractivity contribution < 1.29 is 0 Å². The first kappa shape index (κ1) is 37.3. The average Bonchev–Trinajstić information content (AvgIpc) is 3.32. The normalized spacial score (nSPS) is 36.7. The first-order valence-electron chi connectivity index (χ1n) is 17.0. The van der Waals surface area contributed by atoms with E-state index in [-0.39, 0.29) is 0 Å². The Labute approximate surface area is 258 Å². The zero-order valence-electron chi connectivity index (χ0n) is 29.2. The minimum atomic E-state index is 0.571. The van der Waals surface area contributed by atoms with Crippen LogP contribution in [0.25, 0.3) is 0 Å². The van der Waals surface area contributed by atoms with Crippen LogP contribution < -0.4 is 0 Å². The summed E-state index contributed by atoms with van der Waals surface area (Å²) >= 11 is 0. The summed E-state index contributed by atoms with van der Waals surface area (Å²) in [6, 6.07) is 0. The topological polar surface area (TPSA) is 0 Å². The molecule has 0 radical (unpaired) electrons. The highest BCUT2D eigenvalue weighted by Crippen LogP contribution is 2.69. The molecule has 8 atom stereocenters. The minimum absolute atomic E-state index is 0.571. The van der Waals surface area contributed by atoms with Gasteiger partial charge in [-0.05, 0) is 144 Å². The molecule has 0 aliphatic heterocycles. The van der Waals surface area contributed by atoms with Gasteiger partial charge in [0.15, 0.2) is 0 Å². The molecule has 0 aromatic heterocycles. The minimum Gasteiger partial charge on any atom is -0.106 e. The molecule has 4 rings (SSSR count). The molecule has 0 heteroatoms. The predicted octanol–water partition coefficient (Wildman–Crippen LogP) is 12.9. The second-order valence-electron chi connectivity index (χ2n) is 14.4. The SMILES string of the molecule is C=C.C=C(C)C1CCC2C3CCC4C[C@@](C)(CCC)CCC4(C)C3CCC12C.C=C/C(C#CC)=C\C=C(C)C.CC. The highest BCUT2D eigenvalue weighted by molar-refractivity contribution is 5.39. The summed E-state index contributed by atoms with van der Waals surface area (Å²) < 4.78 is 0. The molecule has 232 valence electrons. The summed E-state index contributed by atoms with van der Waals surface area (Å²) in [6.45, 7) is 36.6. The lowest BCUT2D eigenvalue weighted by Gasteiger charge is -2.62. The maximum absolute atomic E-state index is 4.39. The fourth-order valence-electron chi connectivity index (χ4n) is 9.73. The Kier molecular flexibility index (Phi) is 15.3. The molecular formula is C41H68. The van der Waals surface area contributed by atoms with Crippen LogP contribution in [0.4, 0.5) is 0 Å². The van der Waals surface area contributed by atoms with Crippen LogP contribution >= 0.6 is 0 Å². The number of hydrogen-bond donors (Lipinski definition) is 0. The van der Waals surface area contributed by atoms with Gasteiger partial charge < -0.3 is 0 Å². The molecule has 7 unspecified atom stereocenters. The van der Waals surface area contributed by atoms with Gasteiger partial charge in [0.05, 0.1) is 0 Å². The molecule has 0 bridgehead atoms. The highest BCUT2D eigenvalue weighted by atomic mass is 14.7. The van der Waals surface area contributed by atoms with Crippen molar-refractivity contribution in [2.24, 2.45) is 45.8 Å². The Balaban J connectivity index is 0.000000475. The molecule has 0 nitrogen and oxygen atoms in total. The summed E-state index contributed by atoms with van der Waals surface area (Å²) in [5.74, 6) is 10.6. The van der Waals surface area contributed by atoms with Crippen LogP contribution in [-0.2, 0) is 0 Å². The number of fused-ring (bicyclic) bond motifs is 5. The zero-order chi connectivity index (χ0) is 31.4. The smallest absolute Gasteiger partial charge is 0.0239 e. The first-order valence-corrected chi connectivity index (χ1v) is 17.0. The summed E-state index contributed by atoms with van der Waals surface area (Å²) in [5, 5.41) is 0. The molecule has 0 spiro atoms. The quantitative estimate of drug-likeness (QED) is 0.178. The molecule has 0 heterocycles. The summed E-state index contributed by atoms with van der Waals surface area (Å²) in [4.78, 5) is 0. The van der Waals surface area contributed by atoms with E-state index in [2.05, 4.69) is 86.6 Å². The number of hydrogen-bond acceptors (Lipinski definition) is 0. The van der Waals surface area contributed by atoms with Crippen LogP contribution in [0.5, 0.6) is 0 Å². The average molecular weight is 561 g/mol. The largest absolute Gasteiger partial charge is 0.106 e.